The summed E-state index contributed by atoms with van der Waals surface area (Å²) in [5.41, 5.74) is 2.03. The van der Waals surface area contributed by atoms with Crippen molar-refractivity contribution in [3.63, 3.8) is 0 Å². The lowest BCUT2D eigenvalue weighted by Crippen LogP contribution is -2.35. The molecule has 106 valence electrons. The fourth-order valence-corrected chi connectivity index (χ4v) is 1.95. The fourth-order valence-electron chi connectivity index (χ4n) is 1.95. The van der Waals surface area contributed by atoms with Gasteiger partial charge in [-0.1, -0.05) is 24.0 Å². The number of nitrogens with one attached hydrogen (secondary N) is 1. The Morgan fingerprint density at radius 1 is 1.40 bits per heavy atom. The SMILES string of the molecule is CN(CC(=O)NC1CC1)Cc1ccc(C#CCO)cc1. The van der Waals surface area contributed by atoms with E-state index in [1.165, 1.54) is 0 Å². The maximum Gasteiger partial charge on any atom is 0.234 e. The number of aliphatic hydroxyl groups is 1. The number of likely N-dealkylation sites (N-methyl/N-ethyl adjacent to an activating group) is 1. The minimum Gasteiger partial charge on any atom is -0.384 e. The number of aliphatic hydroxyl groups excluding tert-OH is 1. The normalized spacial score (nSPS) is 13.8. The minimum absolute atomic E-state index is 0.0976. The summed E-state index contributed by atoms with van der Waals surface area (Å²) in [4.78, 5) is 13.7. The zero-order valence-electron chi connectivity index (χ0n) is 11.7. The van der Waals surface area contributed by atoms with Gasteiger partial charge in [0, 0.05) is 18.2 Å². The summed E-state index contributed by atoms with van der Waals surface area (Å²) in [5, 5.41) is 11.6. The largest absolute Gasteiger partial charge is 0.384 e. The monoisotopic (exact) mass is 272 g/mol. The molecule has 0 spiro atoms. The standard InChI is InChI=1S/C16H20N2O2/c1-18(12-16(20)17-15-8-9-15)11-14-6-4-13(5-7-14)3-2-10-19/h4-7,15,19H,8-12H2,1H3,(H,17,20). The van der Waals surface area contributed by atoms with E-state index in [1.807, 2.05) is 36.2 Å². The topological polar surface area (TPSA) is 52.6 Å². The lowest BCUT2D eigenvalue weighted by atomic mass is 10.1. The summed E-state index contributed by atoms with van der Waals surface area (Å²) in [7, 11) is 1.94. The average Bonchev–Trinajstić information content (AvgIpc) is 3.21. The third-order valence-electron chi connectivity index (χ3n) is 3.07. The van der Waals surface area contributed by atoms with E-state index in [-0.39, 0.29) is 12.5 Å². The summed E-state index contributed by atoms with van der Waals surface area (Å²) in [6.07, 6.45) is 2.23. The minimum atomic E-state index is -0.124. The van der Waals surface area contributed by atoms with Crippen LogP contribution in [-0.2, 0) is 11.3 Å². The molecule has 0 aromatic heterocycles. The lowest BCUT2D eigenvalue weighted by molar-refractivity contribution is -0.122. The molecule has 1 aliphatic rings. The molecule has 0 aliphatic heterocycles. The summed E-state index contributed by atoms with van der Waals surface area (Å²) in [5.74, 6) is 5.57. The highest BCUT2D eigenvalue weighted by Gasteiger charge is 2.23. The van der Waals surface area contributed by atoms with Crippen molar-refractivity contribution in [1.82, 2.24) is 10.2 Å². The molecule has 0 radical (unpaired) electrons. The molecule has 1 amide bonds. The van der Waals surface area contributed by atoms with E-state index >= 15 is 0 Å². The second kappa shape index (κ2) is 7.09. The van der Waals surface area contributed by atoms with Crippen molar-refractivity contribution in [3.05, 3.63) is 35.4 Å². The van der Waals surface area contributed by atoms with E-state index in [1.54, 1.807) is 0 Å². The number of carbonyl (C=O) groups excluding carboxylic acids is 1. The van der Waals surface area contributed by atoms with Crippen LogP contribution in [0.15, 0.2) is 24.3 Å². The number of hydrogen-bond donors (Lipinski definition) is 2. The Morgan fingerprint density at radius 2 is 2.10 bits per heavy atom. The van der Waals surface area contributed by atoms with Crippen LogP contribution in [0.5, 0.6) is 0 Å². The summed E-state index contributed by atoms with van der Waals surface area (Å²) >= 11 is 0. The molecule has 1 saturated carbocycles. The molecule has 1 fully saturated rings. The van der Waals surface area contributed by atoms with Crippen molar-refractivity contribution in [2.75, 3.05) is 20.2 Å². The first-order chi connectivity index (χ1) is 9.67. The van der Waals surface area contributed by atoms with E-state index in [4.69, 9.17) is 5.11 Å². The van der Waals surface area contributed by atoms with E-state index in [0.717, 1.165) is 30.5 Å². The summed E-state index contributed by atoms with van der Waals surface area (Å²) < 4.78 is 0. The molecule has 0 unspecified atom stereocenters. The predicted octanol–water partition coefficient (Wildman–Crippen LogP) is 0.741. The molecule has 20 heavy (non-hydrogen) atoms. The van der Waals surface area contributed by atoms with Crippen LogP contribution in [0.4, 0.5) is 0 Å². The van der Waals surface area contributed by atoms with Gasteiger partial charge in [0.05, 0.1) is 6.54 Å². The highest BCUT2D eigenvalue weighted by molar-refractivity contribution is 5.78. The van der Waals surface area contributed by atoms with Gasteiger partial charge in [-0.25, -0.2) is 0 Å². The van der Waals surface area contributed by atoms with Crippen LogP contribution in [0.1, 0.15) is 24.0 Å². The molecule has 0 bridgehead atoms. The van der Waals surface area contributed by atoms with Crippen LogP contribution in [0.2, 0.25) is 0 Å². The van der Waals surface area contributed by atoms with Crippen LogP contribution < -0.4 is 5.32 Å². The molecule has 2 N–H and O–H groups in total. The average molecular weight is 272 g/mol. The van der Waals surface area contributed by atoms with Crippen molar-refractivity contribution in [3.8, 4) is 11.8 Å². The van der Waals surface area contributed by atoms with E-state index in [0.29, 0.717) is 12.6 Å². The van der Waals surface area contributed by atoms with Crippen molar-refractivity contribution >= 4 is 5.91 Å². The second-order valence-electron chi connectivity index (χ2n) is 5.17. The Hall–Kier alpha value is -1.83. The highest BCUT2D eigenvalue weighted by atomic mass is 16.2. The number of nitrogens with zero attached hydrogens (tertiary/aromatic N) is 1. The van der Waals surface area contributed by atoms with Gasteiger partial charge in [-0.05, 0) is 37.6 Å². The van der Waals surface area contributed by atoms with E-state index < -0.39 is 0 Å². The van der Waals surface area contributed by atoms with Gasteiger partial charge in [-0.3, -0.25) is 9.69 Å². The van der Waals surface area contributed by atoms with Crippen molar-refractivity contribution < 1.29 is 9.90 Å². The third kappa shape index (κ3) is 5.04. The first kappa shape index (κ1) is 14.6. The number of amides is 1. The van der Waals surface area contributed by atoms with Crippen LogP contribution in [0.3, 0.4) is 0 Å². The third-order valence-corrected chi connectivity index (χ3v) is 3.07. The van der Waals surface area contributed by atoms with Gasteiger partial charge in [0.2, 0.25) is 5.91 Å². The van der Waals surface area contributed by atoms with Gasteiger partial charge in [-0.2, -0.15) is 0 Å². The van der Waals surface area contributed by atoms with Gasteiger partial charge < -0.3 is 10.4 Å². The Labute approximate surface area is 119 Å². The quantitative estimate of drug-likeness (QED) is 0.777. The molecule has 0 saturated heterocycles. The van der Waals surface area contributed by atoms with Crippen molar-refractivity contribution in [2.45, 2.75) is 25.4 Å². The number of benzene rings is 1. The second-order valence-corrected chi connectivity index (χ2v) is 5.17. The Kier molecular flexibility index (Phi) is 5.16. The molecule has 1 aliphatic carbocycles. The molecule has 0 atom stereocenters. The zero-order valence-corrected chi connectivity index (χ0v) is 11.7. The first-order valence-corrected chi connectivity index (χ1v) is 6.84. The molecule has 1 aromatic carbocycles. The van der Waals surface area contributed by atoms with Gasteiger partial charge >= 0.3 is 0 Å². The molecule has 4 heteroatoms. The number of hydrogen-bond acceptors (Lipinski definition) is 3. The lowest BCUT2D eigenvalue weighted by Gasteiger charge is -2.16. The fraction of sp³-hybridized carbons (Fsp3) is 0.438. The van der Waals surface area contributed by atoms with E-state index in [9.17, 15) is 4.79 Å². The zero-order chi connectivity index (χ0) is 14.4. The first-order valence-electron chi connectivity index (χ1n) is 6.84. The Morgan fingerprint density at radius 3 is 2.70 bits per heavy atom. The maximum absolute atomic E-state index is 11.7. The molecule has 4 nitrogen and oxygen atoms in total. The Bertz CT molecular complexity index is 510. The highest BCUT2D eigenvalue weighted by Crippen LogP contribution is 2.18. The van der Waals surface area contributed by atoms with Crippen LogP contribution in [0, 0.1) is 11.8 Å². The van der Waals surface area contributed by atoms with Crippen LogP contribution in [-0.4, -0.2) is 42.2 Å². The van der Waals surface area contributed by atoms with E-state index in [2.05, 4.69) is 17.2 Å². The predicted molar refractivity (Wildman–Crippen MR) is 77.9 cm³/mol. The maximum atomic E-state index is 11.7. The number of rotatable bonds is 5. The van der Waals surface area contributed by atoms with Crippen molar-refractivity contribution in [2.24, 2.45) is 0 Å². The van der Waals surface area contributed by atoms with Gasteiger partial charge in [-0.15, -0.1) is 0 Å². The molecular formula is C16H20N2O2. The number of carbonyl (C=O) groups is 1. The molecule has 1 aromatic rings. The molecule has 2 rings (SSSR count). The molecular weight excluding hydrogens is 252 g/mol. The van der Waals surface area contributed by atoms with Crippen molar-refractivity contribution in [1.29, 1.82) is 0 Å². The van der Waals surface area contributed by atoms with Gasteiger partial charge in [0.1, 0.15) is 6.61 Å². The van der Waals surface area contributed by atoms with Crippen LogP contribution in [0.25, 0.3) is 0 Å². The summed E-state index contributed by atoms with van der Waals surface area (Å²) in [6.45, 7) is 1.02. The molecule has 0 heterocycles. The summed E-state index contributed by atoms with van der Waals surface area (Å²) in [6, 6.07) is 8.26. The Balaban J connectivity index is 1.80. The van der Waals surface area contributed by atoms with Gasteiger partial charge in [0.15, 0.2) is 0 Å². The smallest absolute Gasteiger partial charge is 0.234 e. The van der Waals surface area contributed by atoms with Crippen LogP contribution >= 0.6 is 0 Å². The van der Waals surface area contributed by atoms with Gasteiger partial charge in [0.25, 0.3) is 0 Å².